The van der Waals surface area contributed by atoms with Crippen molar-refractivity contribution in [2.45, 2.75) is 24.9 Å². The van der Waals surface area contributed by atoms with Crippen LogP contribution < -0.4 is 14.8 Å². The van der Waals surface area contributed by atoms with Crippen molar-refractivity contribution in [2.75, 3.05) is 40.5 Å². The van der Waals surface area contributed by atoms with Crippen LogP contribution in [0.15, 0.2) is 12.1 Å². The first-order chi connectivity index (χ1) is 11.2. The molecule has 7 nitrogen and oxygen atoms in total. The van der Waals surface area contributed by atoms with Gasteiger partial charge in [-0.3, -0.25) is 9.69 Å². The summed E-state index contributed by atoms with van der Waals surface area (Å²) in [5.41, 5.74) is 0.403. The number of rotatable bonds is 5. The Hall–Kier alpha value is -1.86. The van der Waals surface area contributed by atoms with Crippen LogP contribution in [0.4, 0.5) is 0 Å². The van der Waals surface area contributed by atoms with Crippen LogP contribution in [0.2, 0.25) is 0 Å². The topological polar surface area (TPSA) is 72.9 Å². The Morgan fingerprint density at radius 2 is 2.04 bits per heavy atom. The summed E-state index contributed by atoms with van der Waals surface area (Å²) in [7, 11) is 3.02. The molecule has 2 aliphatic rings. The number of amides is 1. The molecule has 0 unspecified atom stereocenters. The second-order valence-electron chi connectivity index (χ2n) is 5.84. The second kappa shape index (κ2) is 7.14. The molecule has 2 aliphatic heterocycles. The highest BCUT2D eigenvalue weighted by Crippen LogP contribution is 2.22. The van der Waals surface area contributed by atoms with Crippen LogP contribution in [-0.4, -0.2) is 68.4 Å². The van der Waals surface area contributed by atoms with Gasteiger partial charge in [0, 0.05) is 6.07 Å². The fraction of sp³-hybridized carbons (Fsp3) is 0.625. The summed E-state index contributed by atoms with van der Waals surface area (Å²) >= 11 is 0. The van der Waals surface area contributed by atoms with Gasteiger partial charge in [-0.25, -0.2) is 0 Å². The average Bonchev–Trinajstić information content (AvgIpc) is 3.25. The molecule has 23 heavy (non-hydrogen) atoms. The number of hydrogen-bond donors (Lipinski definition) is 1. The van der Waals surface area contributed by atoms with Crippen molar-refractivity contribution in [3.63, 3.8) is 0 Å². The number of nitrogens with zero attached hydrogens (tertiary/aromatic N) is 2. The Morgan fingerprint density at radius 1 is 1.26 bits per heavy atom. The van der Waals surface area contributed by atoms with Crippen LogP contribution >= 0.6 is 0 Å². The van der Waals surface area contributed by atoms with Crippen LogP contribution in [0.1, 0.15) is 23.2 Å². The Morgan fingerprint density at radius 3 is 2.74 bits per heavy atom. The minimum atomic E-state index is -0.198. The zero-order valence-electron chi connectivity index (χ0n) is 13.6. The standard InChI is InChI=1S/C16H23N3O4/c1-21-14-6-5-11(16(18-14)22-2)15(20)17-12-9-23-10-13(12)19-7-3-4-8-19/h5-6,12-13H,3-4,7-10H2,1-2H3,(H,17,20)/t12-,13-/m0/s1. The zero-order chi connectivity index (χ0) is 16.2. The minimum Gasteiger partial charge on any atom is -0.481 e. The molecule has 1 aromatic heterocycles. The highest BCUT2D eigenvalue weighted by atomic mass is 16.5. The van der Waals surface area contributed by atoms with Crippen molar-refractivity contribution in [1.82, 2.24) is 15.2 Å². The van der Waals surface area contributed by atoms with Crippen LogP contribution in [-0.2, 0) is 4.74 Å². The molecule has 3 heterocycles. The Balaban J connectivity index is 1.71. The lowest BCUT2D eigenvalue weighted by molar-refractivity contribution is 0.0912. The molecular weight excluding hydrogens is 298 g/mol. The van der Waals surface area contributed by atoms with Gasteiger partial charge >= 0.3 is 0 Å². The molecule has 1 aromatic rings. The summed E-state index contributed by atoms with van der Waals surface area (Å²) in [4.78, 5) is 19.2. The van der Waals surface area contributed by atoms with Gasteiger partial charge in [0.25, 0.3) is 5.91 Å². The lowest BCUT2D eigenvalue weighted by atomic mass is 10.1. The van der Waals surface area contributed by atoms with Crippen molar-refractivity contribution in [3.8, 4) is 11.8 Å². The van der Waals surface area contributed by atoms with Gasteiger partial charge in [0.2, 0.25) is 11.8 Å². The number of pyridine rings is 1. The summed E-state index contributed by atoms with van der Waals surface area (Å²) in [5.74, 6) is 0.479. The molecule has 0 spiro atoms. The van der Waals surface area contributed by atoms with Crippen LogP contribution in [0.25, 0.3) is 0 Å². The van der Waals surface area contributed by atoms with E-state index in [2.05, 4.69) is 15.2 Å². The van der Waals surface area contributed by atoms with E-state index >= 15 is 0 Å². The summed E-state index contributed by atoms with van der Waals surface area (Å²) in [5, 5.41) is 3.07. The number of nitrogens with one attached hydrogen (secondary N) is 1. The van der Waals surface area contributed by atoms with E-state index < -0.39 is 0 Å². The van der Waals surface area contributed by atoms with E-state index in [9.17, 15) is 4.79 Å². The lowest BCUT2D eigenvalue weighted by Crippen LogP contribution is -2.50. The molecule has 1 amide bonds. The first kappa shape index (κ1) is 16.0. The van der Waals surface area contributed by atoms with E-state index in [1.54, 1.807) is 12.1 Å². The third-order valence-corrected chi connectivity index (χ3v) is 4.46. The van der Waals surface area contributed by atoms with Gasteiger partial charge in [0.1, 0.15) is 5.56 Å². The molecule has 0 aromatic carbocycles. The van der Waals surface area contributed by atoms with Gasteiger partial charge in [-0.05, 0) is 32.0 Å². The van der Waals surface area contributed by atoms with Crippen LogP contribution in [0.3, 0.4) is 0 Å². The molecular formula is C16H23N3O4. The van der Waals surface area contributed by atoms with E-state index in [-0.39, 0.29) is 23.9 Å². The monoisotopic (exact) mass is 321 g/mol. The molecule has 2 atom stereocenters. The number of carbonyl (C=O) groups is 1. The average molecular weight is 321 g/mol. The van der Waals surface area contributed by atoms with Crippen molar-refractivity contribution < 1.29 is 19.0 Å². The molecule has 0 radical (unpaired) electrons. The molecule has 0 saturated carbocycles. The number of methoxy groups -OCH3 is 2. The van der Waals surface area contributed by atoms with E-state index in [4.69, 9.17) is 14.2 Å². The van der Waals surface area contributed by atoms with Gasteiger partial charge in [-0.2, -0.15) is 4.98 Å². The highest BCUT2D eigenvalue weighted by molar-refractivity contribution is 5.96. The molecule has 126 valence electrons. The Bertz CT molecular complexity index is 560. The molecule has 2 fully saturated rings. The number of hydrogen-bond acceptors (Lipinski definition) is 6. The van der Waals surface area contributed by atoms with Gasteiger partial charge in [0.05, 0.1) is 39.5 Å². The first-order valence-electron chi connectivity index (χ1n) is 7.94. The maximum absolute atomic E-state index is 12.6. The minimum absolute atomic E-state index is 0.00703. The fourth-order valence-electron chi connectivity index (χ4n) is 3.23. The number of ether oxygens (including phenoxy) is 3. The largest absolute Gasteiger partial charge is 0.481 e. The SMILES string of the molecule is COc1ccc(C(=O)N[C@H]2COC[C@@H]2N2CCCC2)c(OC)n1. The molecule has 1 N–H and O–H groups in total. The van der Waals surface area contributed by atoms with Crippen LogP contribution in [0.5, 0.6) is 11.8 Å². The third kappa shape index (κ3) is 3.40. The molecule has 7 heteroatoms. The van der Waals surface area contributed by atoms with Crippen LogP contribution in [0, 0.1) is 0 Å². The quantitative estimate of drug-likeness (QED) is 0.860. The summed E-state index contributed by atoms with van der Waals surface area (Å²) in [6.07, 6.45) is 2.43. The number of aromatic nitrogens is 1. The maximum atomic E-state index is 12.6. The van der Waals surface area contributed by atoms with Crippen molar-refractivity contribution >= 4 is 5.91 Å². The Labute approximate surface area is 135 Å². The predicted molar refractivity (Wildman–Crippen MR) is 84.0 cm³/mol. The maximum Gasteiger partial charge on any atom is 0.257 e. The van der Waals surface area contributed by atoms with E-state index in [0.29, 0.717) is 24.7 Å². The van der Waals surface area contributed by atoms with E-state index in [1.807, 2.05) is 0 Å². The summed E-state index contributed by atoms with van der Waals surface area (Å²) < 4.78 is 15.9. The zero-order valence-corrected chi connectivity index (χ0v) is 13.6. The molecule has 2 saturated heterocycles. The van der Waals surface area contributed by atoms with Crippen molar-refractivity contribution in [3.05, 3.63) is 17.7 Å². The van der Waals surface area contributed by atoms with Crippen molar-refractivity contribution in [2.24, 2.45) is 0 Å². The highest BCUT2D eigenvalue weighted by Gasteiger charge is 2.35. The first-order valence-corrected chi connectivity index (χ1v) is 7.94. The summed E-state index contributed by atoms with van der Waals surface area (Å²) in [6.45, 7) is 3.36. The van der Waals surface area contributed by atoms with Gasteiger partial charge < -0.3 is 19.5 Å². The van der Waals surface area contributed by atoms with Crippen molar-refractivity contribution in [1.29, 1.82) is 0 Å². The van der Waals surface area contributed by atoms with Gasteiger partial charge in [-0.15, -0.1) is 0 Å². The summed E-state index contributed by atoms with van der Waals surface area (Å²) in [6, 6.07) is 3.56. The normalized spacial score (nSPS) is 24.6. The third-order valence-electron chi connectivity index (χ3n) is 4.46. The lowest BCUT2D eigenvalue weighted by Gasteiger charge is -2.28. The Kier molecular flexibility index (Phi) is 4.97. The van der Waals surface area contributed by atoms with Gasteiger partial charge in [0.15, 0.2) is 0 Å². The number of carbonyl (C=O) groups excluding carboxylic acids is 1. The number of likely N-dealkylation sites (tertiary alicyclic amines) is 1. The van der Waals surface area contributed by atoms with E-state index in [0.717, 1.165) is 13.1 Å². The van der Waals surface area contributed by atoms with Gasteiger partial charge in [-0.1, -0.05) is 0 Å². The molecule has 3 rings (SSSR count). The van der Waals surface area contributed by atoms with E-state index in [1.165, 1.54) is 27.1 Å². The molecule has 0 aliphatic carbocycles. The predicted octanol–water partition coefficient (Wildman–Crippen LogP) is 0.692. The fourth-order valence-corrected chi connectivity index (χ4v) is 3.23. The smallest absolute Gasteiger partial charge is 0.257 e. The molecule has 0 bridgehead atoms. The second-order valence-corrected chi connectivity index (χ2v) is 5.84.